The van der Waals surface area contributed by atoms with Gasteiger partial charge in [0, 0.05) is 52.1 Å². The highest BCUT2D eigenvalue weighted by Crippen LogP contribution is 2.61. The summed E-state index contributed by atoms with van der Waals surface area (Å²) in [4.78, 5) is 37.2. The van der Waals surface area contributed by atoms with Gasteiger partial charge in [-0.15, -0.1) is 0 Å². The van der Waals surface area contributed by atoms with E-state index in [-0.39, 0.29) is 17.8 Å². The molecule has 0 aromatic carbocycles. The molecule has 4 bridgehead atoms. The Bertz CT molecular complexity index is 959. The van der Waals surface area contributed by atoms with Crippen molar-refractivity contribution in [2.24, 2.45) is 23.7 Å². The predicted molar refractivity (Wildman–Crippen MR) is 127 cm³/mol. The van der Waals surface area contributed by atoms with Crippen molar-refractivity contribution in [1.29, 1.82) is 0 Å². The number of carbonyl (C=O) groups excluding carboxylic acids is 3. The van der Waals surface area contributed by atoms with Crippen LogP contribution in [0.25, 0.3) is 0 Å². The lowest BCUT2D eigenvalue weighted by Gasteiger charge is -2.55. The number of methoxy groups -OCH3 is 1. The monoisotopic (exact) mass is 508 g/mol. The van der Waals surface area contributed by atoms with E-state index in [0.29, 0.717) is 12.8 Å². The van der Waals surface area contributed by atoms with E-state index in [4.69, 9.17) is 28.4 Å². The van der Waals surface area contributed by atoms with Gasteiger partial charge in [-0.05, 0) is 38.7 Å². The van der Waals surface area contributed by atoms with Gasteiger partial charge in [-0.1, -0.05) is 19.9 Å². The van der Waals surface area contributed by atoms with E-state index in [2.05, 4.69) is 13.8 Å². The van der Waals surface area contributed by atoms with Crippen LogP contribution in [0.2, 0.25) is 0 Å². The Kier molecular flexibility index (Phi) is 6.84. The van der Waals surface area contributed by atoms with Crippen molar-refractivity contribution in [3.63, 3.8) is 0 Å². The lowest BCUT2D eigenvalue weighted by atomic mass is 9.55. The van der Waals surface area contributed by atoms with Crippen molar-refractivity contribution < 1.29 is 42.8 Å². The molecule has 3 fully saturated rings. The molecule has 36 heavy (non-hydrogen) atoms. The van der Waals surface area contributed by atoms with Gasteiger partial charge >= 0.3 is 17.9 Å². The number of esters is 3. The maximum absolute atomic E-state index is 12.5. The summed E-state index contributed by atoms with van der Waals surface area (Å²) in [5.41, 5.74) is -1.14. The molecule has 1 aliphatic carbocycles. The Balaban J connectivity index is 1.97. The van der Waals surface area contributed by atoms with Gasteiger partial charge in [-0.2, -0.15) is 0 Å². The van der Waals surface area contributed by atoms with Crippen LogP contribution in [0.4, 0.5) is 0 Å². The summed E-state index contributed by atoms with van der Waals surface area (Å²) in [5.74, 6) is -3.28. The fourth-order valence-electron chi connectivity index (χ4n) is 7.53. The molecule has 0 aromatic rings. The van der Waals surface area contributed by atoms with E-state index in [1.165, 1.54) is 20.8 Å². The van der Waals surface area contributed by atoms with Crippen molar-refractivity contribution in [2.75, 3.05) is 7.11 Å². The molecule has 0 aromatic heterocycles. The highest BCUT2D eigenvalue weighted by Gasteiger charge is 2.72. The van der Waals surface area contributed by atoms with E-state index in [9.17, 15) is 14.4 Å². The minimum atomic E-state index is -1.33. The van der Waals surface area contributed by atoms with Crippen LogP contribution in [0, 0.1) is 23.7 Å². The Labute approximate surface area is 213 Å². The molecule has 3 aliphatic heterocycles. The van der Waals surface area contributed by atoms with Crippen LogP contribution in [0.3, 0.4) is 0 Å². The van der Waals surface area contributed by atoms with Crippen molar-refractivity contribution in [2.45, 2.75) is 110 Å². The third-order valence-electron chi connectivity index (χ3n) is 8.79. The molecule has 0 N–H and O–H groups in total. The fourth-order valence-corrected chi connectivity index (χ4v) is 7.53. The number of hydrogen-bond donors (Lipinski definition) is 0. The molecule has 202 valence electrons. The van der Waals surface area contributed by atoms with Crippen molar-refractivity contribution in [1.82, 2.24) is 0 Å². The summed E-state index contributed by atoms with van der Waals surface area (Å²) in [6.45, 7) is 13.8. The van der Waals surface area contributed by atoms with E-state index in [1.807, 2.05) is 19.9 Å². The Morgan fingerprint density at radius 3 is 2.19 bits per heavy atom. The average molecular weight is 509 g/mol. The van der Waals surface area contributed by atoms with E-state index in [0.717, 1.165) is 5.57 Å². The quantitative estimate of drug-likeness (QED) is 0.314. The summed E-state index contributed by atoms with van der Waals surface area (Å²) in [6, 6.07) is 0. The summed E-state index contributed by atoms with van der Waals surface area (Å²) >= 11 is 0. The smallest absolute Gasteiger partial charge is 0.303 e. The Hall–Kier alpha value is -1.97. The van der Waals surface area contributed by atoms with Gasteiger partial charge in [-0.3, -0.25) is 14.4 Å². The first kappa shape index (κ1) is 27.1. The number of rotatable bonds is 5. The predicted octanol–water partition coefficient (Wildman–Crippen LogP) is 3.33. The van der Waals surface area contributed by atoms with Crippen LogP contribution in [-0.2, 0) is 42.8 Å². The number of hydrogen-bond acceptors (Lipinski definition) is 9. The maximum Gasteiger partial charge on any atom is 0.303 e. The fraction of sp³-hybridized carbons (Fsp3) is 0.815. The topological polar surface area (TPSA) is 107 Å². The van der Waals surface area contributed by atoms with Crippen LogP contribution in [-0.4, -0.2) is 66.4 Å². The standard InChI is InChI=1S/C27H40O9/c1-13(2)19-20-21(18-12-14(3)27(31-9)11-10-25(7,36-27)23(20)34-18)26(8,35-17(6)30)24(33-16(5)29)22(19)32-15(4)28/h12-13,18-24H,10-11H2,1-9H3/b14-12-/t18-,19-,20-,21-,22+,23-,24+,25+,26+,27-/m1/s1. The van der Waals surface area contributed by atoms with Gasteiger partial charge in [-0.25, -0.2) is 0 Å². The van der Waals surface area contributed by atoms with Crippen LogP contribution in [0.15, 0.2) is 11.6 Å². The third kappa shape index (κ3) is 4.07. The summed E-state index contributed by atoms with van der Waals surface area (Å²) in [5, 5.41) is 0. The zero-order chi connectivity index (χ0) is 26.8. The van der Waals surface area contributed by atoms with Crippen molar-refractivity contribution >= 4 is 17.9 Å². The highest BCUT2D eigenvalue weighted by molar-refractivity contribution is 5.69. The molecule has 0 spiro atoms. The first-order valence-corrected chi connectivity index (χ1v) is 12.8. The van der Waals surface area contributed by atoms with E-state index in [1.54, 1.807) is 14.0 Å². The maximum atomic E-state index is 12.5. The molecule has 4 rings (SSSR count). The number of fused-ring (bicyclic) bond motifs is 8. The summed E-state index contributed by atoms with van der Waals surface area (Å²) in [6.07, 6.45) is 0.673. The van der Waals surface area contributed by atoms with Crippen LogP contribution in [0.5, 0.6) is 0 Å². The lowest BCUT2D eigenvalue weighted by Crippen LogP contribution is -2.68. The van der Waals surface area contributed by atoms with Gasteiger partial charge < -0.3 is 28.4 Å². The molecule has 10 atom stereocenters. The van der Waals surface area contributed by atoms with Crippen LogP contribution < -0.4 is 0 Å². The second kappa shape index (κ2) is 9.10. The van der Waals surface area contributed by atoms with Gasteiger partial charge in [0.15, 0.2) is 17.5 Å². The Morgan fingerprint density at radius 2 is 1.67 bits per heavy atom. The first-order chi connectivity index (χ1) is 16.7. The molecule has 4 aliphatic rings. The Morgan fingerprint density at radius 1 is 1.03 bits per heavy atom. The van der Waals surface area contributed by atoms with Crippen molar-refractivity contribution in [3.05, 3.63) is 11.6 Å². The second-order valence-corrected chi connectivity index (χ2v) is 11.5. The second-order valence-electron chi connectivity index (χ2n) is 11.5. The SMILES string of the molecule is CO[C@]12CC[C@](C)(O1)[C@@H]1O[C@H](/C=C\2C)[C@@H]2[C@H]1[C@@H](C(C)C)[C@H](OC(C)=O)[C@H](OC(C)=O)[C@@]2(C)OC(C)=O. The molecule has 3 heterocycles. The van der Waals surface area contributed by atoms with Gasteiger partial charge in [0.25, 0.3) is 0 Å². The van der Waals surface area contributed by atoms with Gasteiger partial charge in [0.2, 0.25) is 0 Å². The molecular weight excluding hydrogens is 468 g/mol. The van der Waals surface area contributed by atoms with Crippen LogP contribution in [0.1, 0.15) is 68.2 Å². The summed E-state index contributed by atoms with van der Waals surface area (Å²) in [7, 11) is 1.65. The molecular formula is C27H40O9. The van der Waals surface area contributed by atoms with E-state index >= 15 is 0 Å². The van der Waals surface area contributed by atoms with Gasteiger partial charge in [0.05, 0.1) is 17.8 Å². The highest BCUT2D eigenvalue weighted by atomic mass is 16.7. The van der Waals surface area contributed by atoms with Gasteiger partial charge in [0.1, 0.15) is 6.10 Å². The van der Waals surface area contributed by atoms with E-state index < -0.39 is 65.2 Å². The number of carbonyl (C=O) groups is 3. The lowest BCUT2D eigenvalue weighted by molar-refractivity contribution is -0.257. The summed E-state index contributed by atoms with van der Waals surface area (Å²) < 4.78 is 37.2. The molecule has 0 radical (unpaired) electrons. The normalized spacial score (nSPS) is 46.7. The largest absolute Gasteiger partial charge is 0.458 e. The van der Waals surface area contributed by atoms with Crippen LogP contribution >= 0.6 is 0 Å². The minimum absolute atomic E-state index is 0.0228. The molecule has 9 heteroatoms. The molecule has 0 amide bonds. The zero-order valence-corrected chi connectivity index (χ0v) is 22.8. The first-order valence-electron chi connectivity index (χ1n) is 12.8. The third-order valence-corrected chi connectivity index (χ3v) is 8.79. The number of ether oxygens (including phenoxy) is 6. The molecule has 9 nitrogen and oxygen atoms in total. The molecule has 0 unspecified atom stereocenters. The molecule has 1 saturated carbocycles. The average Bonchev–Trinajstić information content (AvgIpc) is 3.31. The minimum Gasteiger partial charge on any atom is -0.458 e. The zero-order valence-electron chi connectivity index (χ0n) is 22.8. The molecule has 2 saturated heterocycles. The van der Waals surface area contributed by atoms with Crippen molar-refractivity contribution in [3.8, 4) is 0 Å².